The van der Waals surface area contributed by atoms with Crippen LogP contribution >= 0.6 is 0 Å². The molecule has 1 unspecified atom stereocenters. The van der Waals surface area contributed by atoms with E-state index in [4.69, 9.17) is 5.11 Å². The Bertz CT molecular complexity index is 214. The summed E-state index contributed by atoms with van der Waals surface area (Å²) in [6.07, 6.45) is 16.0. The van der Waals surface area contributed by atoms with E-state index >= 15 is 0 Å². The molecule has 1 N–H and O–H groups in total. The number of nitrogens with zero attached hydrogens (tertiary/aromatic N) is 1. The number of hydrogen-bond acceptors (Lipinski definition) is 1. The van der Waals surface area contributed by atoms with Gasteiger partial charge in [0.1, 0.15) is 0 Å². The third kappa shape index (κ3) is 15.3. The maximum absolute atomic E-state index is 9.00. The fraction of sp³-hybridized carbons (Fsp3) is 1.00. The van der Waals surface area contributed by atoms with Crippen LogP contribution in [-0.2, 0) is 0 Å². The van der Waals surface area contributed by atoms with Crippen molar-refractivity contribution in [2.24, 2.45) is 0 Å². The molecule has 22 heavy (non-hydrogen) atoms. The first-order valence-corrected chi connectivity index (χ1v) is 9.63. The first kappa shape index (κ1) is 24.6. The van der Waals surface area contributed by atoms with Gasteiger partial charge in [0.25, 0.3) is 0 Å². The molecular formula is C19H42BrNO. The lowest BCUT2D eigenvalue weighted by molar-refractivity contribution is -0.910. The number of halogens is 1. The Kier molecular flexibility index (Phi) is 19.9. The zero-order valence-electron chi connectivity index (χ0n) is 15.6. The second-order valence-electron chi connectivity index (χ2n) is 7.05. The van der Waals surface area contributed by atoms with Gasteiger partial charge in [-0.25, -0.2) is 0 Å². The minimum absolute atomic E-state index is 0. The van der Waals surface area contributed by atoms with Crippen LogP contribution in [0.1, 0.15) is 90.9 Å². The van der Waals surface area contributed by atoms with Gasteiger partial charge in [-0.05, 0) is 38.5 Å². The van der Waals surface area contributed by atoms with Crippen molar-refractivity contribution >= 4 is 0 Å². The van der Waals surface area contributed by atoms with Crippen molar-refractivity contribution in [3.8, 4) is 0 Å². The summed E-state index contributed by atoms with van der Waals surface area (Å²) in [6, 6.07) is 0. The topological polar surface area (TPSA) is 20.2 Å². The van der Waals surface area contributed by atoms with Gasteiger partial charge in [-0.1, -0.05) is 52.4 Å². The van der Waals surface area contributed by atoms with E-state index in [0.717, 1.165) is 6.42 Å². The summed E-state index contributed by atoms with van der Waals surface area (Å²) in [6.45, 7) is 8.84. The Balaban J connectivity index is 0. The average Bonchev–Trinajstić information content (AvgIpc) is 2.48. The summed E-state index contributed by atoms with van der Waals surface area (Å²) in [5, 5.41) is 9.00. The van der Waals surface area contributed by atoms with Gasteiger partial charge in [0.05, 0.1) is 26.7 Å². The molecule has 0 aromatic carbocycles. The molecule has 0 aromatic heterocycles. The van der Waals surface area contributed by atoms with Gasteiger partial charge in [-0.15, -0.1) is 0 Å². The van der Waals surface area contributed by atoms with Crippen LogP contribution < -0.4 is 17.0 Å². The molecular weight excluding hydrogens is 338 g/mol. The number of unbranched alkanes of at least 4 members (excludes halogenated alkanes) is 9. The van der Waals surface area contributed by atoms with E-state index in [1.54, 1.807) is 0 Å². The van der Waals surface area contributed by atoms with Crippen molar-refractivity contribution in [1.82, 2.24) is 0 Å². The van der Waals surface area contributed by atoms with Crippen LogP contribution in [0.25, 0.3) is 0 Å². The van der Waals surface area contributed by atoms with Gasteiger partial charge in [0.15, 0.2) is 0 Å². The van der Waals surface area contributed by atoms with Gasteiger partial charge in [0.2, 0.25) is 0 Å². The molecule has 3 heteroatoms. The third-order valence-corrected chi connectivity index (χ3v) is 4.71. The molecule has 0 fully saturated rings. The monoisotopic (exact) mass is 379 g/mol. The molecule has 0 aliphatic carbocycles. The van der Waals surface area contributed by atoms with Crippen LogP contribution in [0.5, 0.6) is 0 Å². The molecule has 0 saturated heterocycles. The Hall–Kier alpha value is 0.400. The number of aliphatic hydroxyl groups excluding tert-OH is 1. The largest absolute Gasteiger partial charge is 1.00 e. The minimum atomic E-state index is 0. The molecule has 0 spiro atoms. The second-order valence-corrected chi connectivity index (χ2v) is 7.05. The first-order valence-electron chi connectivity index (χ1n) is 9.63. The fourth-order valence-corrected chi connectivity index (χ4v) is 3.13. The van der Waals surface area contributed by atoms with Crippen molar-refractivity contribution in [3.05, 3.63) is 0 Å². The molecule has 136 valence electrons. The van der Waals surface area contributed by atoms with Crippen LogP contribution in [0, 0.1) is 0 Å². The van der Waals surface area contributed by atoms with Crippen molar-refractivity contribution in [3.63, 3.8) is 0 Å². The smallest absolute Gasteiger partial charge is 0.0785 e. The van der Waals surface area contributed by atoms with Crippen molar-refractivity contribution in [1.29, 1.82) is 0 Å². The Labute approximate surface area is 151 Å². The van der Waals surface area contributed by atoms with Crippen LogP contribution in [0.15, 0.2) is 0 Å². The second kappa shape index (κ2) is 17.7. The number of rotatable bonds is 16. The highest BCUT2D eigenvalue weighted by molar-refractivity contribution is 4.49. The van der Waals surface area contributed by atoms with Gasteiger partial charge in [0, 0.05) is 6.61 Å². The quantitative estimate of drug-likeness (QED) is 0.321. The molecule has 2 nitrogen and oxygen atoms in total. The maximum atomic E-state index is 9.00. The van der Waals surface area contributed by atoms with E-state index < -0.39 is 0 Å². The van der Waals surface area contributed by atoms with E-state index in [-0.39, 0.29) is 17.0 Å². The molecule has 0 rings (SSSR count). The van der Waals surface area contributed by atoms with Crippen molar-refractivity contribution < 1.29 is 26.6 Å². The number of aliphatic hydroxyl groups is 1. The third-order valence-electron chi connectivity index (χ3n) is 4.71. The van der Waals surface area contributed by atoms with Crippen LogP contribution in [-0.4, -0.2) is 42.9 Å². The SMILES string of the molecule is CCCCCCCC[N+](C)(CCCCO)CCCCCC.[Br-]. The molecule has 0 amide bonds. The van der Waals surface area contributed by atoms with E-state index in [2.05, 4.69) is 20.9 Å². The fourth-order valence-electron chi connectivity index (χ4n) is 3.13. The predicted molar refractivity (Wildman–Crippen MR) is 94.6 cm³/mol. The lowest BCUT2D eigenvalue weighted by atomic mass is 10.1. The van der Waals surface area contributed by atoms with Gasteiger partial charge in [-0.3, -0.25) is 0 Å². The van der Waals surface area contributed by atoms with Crippen LogP contribution in [0.3, 0.4) is 0 Å². The van der Waals surface area contributed by atoms with Crippen LogP contribution in [0.2, 0.25) is 0 Å². The summed E-state index contributed by atoms with van der Waals surface area (Å²) in [5.41, 5.74) is 0. The first-order chi connectivity index (χ1) is 10.2. The molecule has 0 bridgehead atoms. The Morgan fingerprint density at radius 1 is 0.591 bits per heavy atom. The molecule has 0 heterocycles. The van der Waals surface area contributed by atoms with Crippen LogP contribution in [0.4, 0.5) is 0 Å². The standard InChI is InChI=1S/C19H42NO.BrH/c1-4-6-8-10-11-13-17-20(3,18-14-15-19-21)16-12-9-7-5-2;/h21H,4-19H2,1-3H3;1H/q+1;/p-1. The van der Waals surface area contributed by atoms with Crippen molar-refractivity contribution in [2.75, 3.05) is 33.3 Å². The molecule has 0 aromatic rings. The van der Waals surface area contributed by atoms with Gasteiger partial charge in [-0.2, -0.15) is 0 Å². The zero-order chi connectivity index (χ0) is 15.8. The highest BCUT2D eigenvalue weighted by Gasteiger charge is 2.19. The van der Waals surface area contributed by atoms with E-state index in [9.17, 15) is 0 Å². The summed E-state index contributed by atoms with van der Waals surface area (Å²) in [7, 11) is 2.44. The van der Waals surface area contributed by atoms with Gasteiger partial charge < -0.3 is 26.6 Å². The van der Waals surface area contributed by atoms with E-state index in [1.165, 1.54) is 94.7 Å². The summed E-state index contributed by atoms with van der Waals surface area (Å²) < 4.78 is 1.23. The molecule has 1 atom stereocenters. The van der Waals surface area contributed by atoms with E-state index in [1.807, 2.05) is 0 Å². The molecule has 0 aliphatic heterocycles. The van der Waals surface area contributed by atoms with Gasteiger partial charge >= 0.3 is 0 Å². The zero-order valence-corrected chi connectivity index (χ0v) is 17.2. The summed E-state index contributed by atoms with van der Waals surface area (Å²) >= 11 is 0. The van der Waals surface area contributed by atoms with E-state index in [0.29, 0.717) is 6.61 Å². The molecule has 0 saturated carbocycles. The highest BCUT2D eigenvalue weighted by Crippen LogP contribution is 2.14. The van der Waals surface area contributed by atoms with Crippen molar-refractivity contribution in [2.45, 2.75) is 90.9 Å². The summed E-state index contributed by atoms with van der Waals surface area (Å²) in [5.74, 6) is 0. The Morgan fingerprint density at radius 3 is 1.41 bits per heavy atom. The number of quaternary nitrogens is 1. The molecule has 0 radical (unpaired) electrons. The Morgan fingerprint density at radius 2 is 0.955 bits per heavy atom. The number of hydrogen-bond donors (Lipinski definition) is 1. The normalized spacial score (nSPS) is 13.6. The predicted octanol–water partition coefficient (Wildman–Crippen LogP) is 2.15. The average molecular weight is 380 g/mol. The lowest BCUT2D eigenvalue weighted by Crippen LogP contribution is -3.00. The minimum Gasteiger partial charge on any atom is -1.00 e. The summed E-state index contributed by atoms with van der Waals surface area (Å²) in [4.78, 5) is 0. The highest BCUT2D eigenvalue weighted by atomic mass is 79.9. The lowest BCUT2D eigenvalue weighted by Gasteiger charge is -2.35. The maximum Gasteiger partial charge on any atom is 0.0785 e. The molecule has 0 aliphatic rings.